The Bertz CT molecular complexity index is 565. The lowest BCUT2D eigenvalue weighted by Crippen LogP contribution is -2.45. The summed E-state index contributed by atoms with van der Waals surface area (Å²) in [5, 5.41) is 0. The van der Waals surface area contributed by atoms with Gasteiger partial charge in [-0.3, -0.25) is 9.69 Å². The third-order valence-corrected chi connectivity index (χ3v) is 5.08. The molecule has 1 aromatic heterocycles. The molecule has 1 unspecified atom stereocenters. The van der Waals surface area contributed by atoms with Crippen LogP contribution in [0.3, 0.4) is 0 Å². The van der Waals surface area contributed by atoms with Crippen molar-refractivity contribution in [2.75, 3.05) is 57.8 Å². The van der Waals surface area contributed by atoms with Crippen LogP contribution in [0.25, 0.3) is 0 Å². The molecule has 2 fully saturated rings. The van der Waals surface area contributed by atoms with E-state index >= 15 is 0 Å². The van der Waals surface area contributed by atoms with Crippen molar-refractivity contribution in [3.63, 3.8) is 0 Å². The predicted octanol–water partition coefficient (Wildman–Crippen LogP) is 1.26. The number of nitrogens with zero attached hydrogens (tertiary/aromatic N) is 5. The van der Waals surface area contributed by atoms with Crippen LogP contribution in [0.2, 0.25) is 0 Å². The number of likely N-dealkylation sites (tertiary alicyclic amines) is 1. The number of aromatic nitrogens is 2. The van der Waals surface area contributed by atoms with Crippen molar-refractivity contribution in [1.29, 1.82) is 0 Å². The standard InChI is InChI=1S/C18H29N5O2/c1-15-5-3-6-21(13-15)14-17(24)22-7-4-8-23(10-9-22)18-19-11-16(25-2)12-20-18/h11-12,15H,3-10,13-14H2,1-2H3. The SMILES string of the molecule is COc1cnc(N2CCCN(C(=O)CN3CCCC(C)C3)CC2)nc1. The number of amides is 1. The van der Waals surface area contributed by atoms with Crippen LogP contribution < -0.4 is 9.64 Å². The largest absolute Gasteiger partial charge is 0.494 e. The molecule has 3 heterocycles. The highest BCUT2D eigenvalue weighted by molar-refractivity contribution is 5.78. The summed E-state index contributed by atoms with van der Waals surface area (Å²) in [7, 11) is 1.61. The van der Waals surface area contributed by atoms with E-state index in [0.717, 1.165) is 45.7 Å². The Morgan fingerprint density at radius 2 is 1.96 bits per heavy atom. The molecule has 2 saturated heterocycles. The first-order valence-electron chi connectivity index (χ1n) is 9.27. The molecule has 0 spiro atoms. The van der Waals surface area contributed by atoms with Gasteiger partial charge in [-0.25, -0.2) is 9.97 Å². The number of hydrogen-bond acceptors (Lipinski definition) is 6. The summed E-state index contributed by atoms with van der Waals surface area (Å²) in [5.74, 6) is 2.33. The molecule has 1 aromatic rings. The zero-order valence-corrected chi connectivity index (χ0v) is 15.4. The molecular formula is C18H29N5O2. The van der Waals surface area contributed by atoms with Crippen molar-refractivity contribution in [1.82, 2.24) is 19.8 Å². The number of methoxy groups -OCH3 is 1. The normalized spacial score (nSPS) is 22.6. The van der Waals surface area contributed by atoms with Gasteiger partial charge in [0.05, 0.1) is 26.0 Å². The molecule has 7 nitrogen and oxygen atoms in total. The molecule has 25 heavy (non-hydrogen) atoms. The molecule has 0 N–H and O–H groups in total. The lowest BCUT2D eigenvalue weighted by Gasteiger charge is -2.32. The highest BCUT2D eigenvalue weighted by atomic mass is 16.5. The Morgan fingerprint density at radius 3 is 2.68 bits per heavy atom. The van der Waals surface area contributed by atoms with Crippen LogP contribution >= 0.6 is 0 Å². The average molecular weight is 347 g/mol. The van der Waals surface area contributed by atoms with Crippen LogP contribution in [-0.2, 0) is 4.79 Å². The molecule has 2 aliphatic rings. The van der Waals surface area contributed by atoms with Crippen molar-refractivity contribution in [3.05, 3.63) is 12.4 Å². The fourth-order valence-corrected chi connectivity index (χ4v) is 3.67. The van der Waals surface area contributed by atoms with E-state index in [1.165, 1.54) is 12.8 Å². The van der Waals surface area contributed by atoms with E-state index < -0.39 is 0 Å². The van der Waals surface area contributed by atoms with Crippen molar-refractivity contribution in [3.8, 4) is 5.75 Å². The molecule has 1 atom stereocenters. The zero-order valence-electron chi connectivity index (χ0n) is 15.4. The van der Waals surface area contributed by atoms with Crippen LogP contribution in [0.4, 0.5) is 5.95 Å². The minimum atomic E-state index is 0.256. The number of rotatable bonds is 4. The molecule has 0 bridgehead atoms. The van der Waals surface area contributed by atoms with Crippen LogP contribution in [0.15, 0.2) is 12.4 Å². The molecule has 3 rings (SSSR count). The van der Waals surface area contributed by atoms with Gasteiger partial charge in [-0.05, 0) is 31.7 Å². The molecule has 138 valence electrons. The second-order valence-corrected chi connectivity index (χ2v) is 7.13. The third kappa shape index (κ3) is 4.81. The molecular weight excluding hydrogens is 318 g/mol. The summed E-state index contributed by atoms with van der Waals surface area (Å²) < 4.78 is 5.11. The fourth-order valence-electron chi connectivity index (χ4n) is 3.67. The van der Waals surface area contributed by atoms with E-state index in [1.54, 1.807) is 19.5 Å². The van der Waals surface area contributed by atoms with Gasteiger partial charge in [0.2, 0.25) is 11.9 Å². The molecule has 7 heteroatoms. The second-order valence-electron chi connectivity index (χ2n) is 7.13. The van der Waals surface area contributed by atoms with E-state index in [2.05, 4.69) is 26.7 Å². The minimum Gasteiger partial charge on any atom is -0.494 e. The first kappa shape index (κ1) is 17.9. The zero-order chi connectivity index (χ0) is 17.6. The van der Waals surface area contributed by atoms with Crippen molar-refractivity contribution < 1.29 is 9.53 Å². The molecule has 2 aliphatic heterocycles. The van der Waals surface area contributed by atoms with Gasteiger partial charge in [0.15, 0.2) is 5.75 Å². The maximum atomic E-state index is 12.7. The van der Waals surface area contributed by atoms with E-state index in [9.17, 15) is 4.79 Å². The molecule has 0 aromatic carbocycles. The topological polar surface area (TPSA) is 61.8 Å². The van der Waals surface area contributed by atoms with Crippen LogP contribution in [0.1, 0.15) is 26.2 Å². The van der Waals surface area contributed by atoms with Gasteiger partial charge < -0.3 is 14.5 Å². The molecule has 0 aliphatic carbocycles. The fraction of sp³-hybridized carbons (Fsp3) is 0.722. The third-order valence-electron chi connectivity index (χ3n) is 5.08. The number of anilines is 1. The maximum Gasteiger partial charge on any atom is 0.236 e. The quantitative estimate of drug-likeness (QED) is 0.817. The summed E-state index contributed by atoms with van der Waals surface area (Å²) in [4.78, 5) is 27.9. The van der Waals surface area contributed by atoms with Gasteiger partial charge >= 0.3 is 0 Å². The van der Waals surface area contributed by atoms with Gasteiger partial charge in [-0.15, -0.1) is 0 Å². The highest BCUT2D eigenvalue weighted by Crippen LogP contribution is 2.17. The minimum absolute atomic E-state index is 0.256. The molecule has 0 radical (unpaired) electrons. The smallest absolute Gasteiger partial charge is 0.236 e. The van der Waals surface area contributed by atoms with E-state index in [-0.39, 0.29) is 5.91 Å². The number of piperidine rings is 1. The van der Waals surface area contributed by atoms with Crippen LogP contribution in [0, 0.1) is 5.92 Å². The number of ether oxygens (including phenoxy) is 1. The molecule has 0 saturated carbocycles. The summed E-state index contributed by atoms with van der Waals surface area (Å²) in [6.45, 7) is 8.12. The average Bonchev–Trinajstić information content (AvgIpc) is 2.88. The Kier molecular flexibility index (Phi) is 6.07. The predicted molar refractivity (Wildman–Crippen MR) is 96.8 cm³/mol. The molecule has 1 amide bonds. The Labute approximate surface area is 150 Å². The van der Waals surface area contributed by atoms with Gasteiger partial charge in [-0.2, -0.15) is 0 Å². The summed E-state index contributed by atoms with van der Waals surface area (Å²) in [6, 6.07) is 0. The summed E-state index contributed by atoms with van der Waals surface area (Å²) in [6.07, 6.45) is 6.81. The Balaban J connectivity index is 1.52. The van der Waals surface area contributed by atoms with Crippen LogP contribution in [-0.4, -0.2) is 78.6 Å². The van der Waals surface area contributed by atoms with E-state index in [0.29, 0.717) is 24.2 Å². The van der Waals surface area contributed by atoms with Gasteiger partial charge in [0, 0.05) is 32.7 Å². The number of carbonyl (C=O) groups is 1. The van der Waals surface area contributed by atoms with Crippen molar-refractivity contribution in [2.45, 2.75) is 26.2 Å². The first-order chi connectivity index (χ1) is 12.2. The highest BCUT2D eigenvalue weighted by Gasteiger charge is 2.24. The van der Waals surface area contributed by atoms with Crippen LogP contribution in [0.5, 0.6) is 5.75 Å². The lowest BCUT2D eigenvalue weighted by molar-refractivity contribution is -0.132. The Hall–Kier alpha value is -1.89. The van der Waals surface area contributed by atoms with Crippen molar-refractivity contribution >= 4 is 11.9 Å². The number of carbonyl (C=O) groups excluding carboxylic acids is 1. The van der Waals surface area contributed by atoms with E-state index in [4.69, 9.17) is 4.74 Å². The summed E-state index contributed by atoms with van der Waals surface area (Å²) >= 11 is 0. The summed E-state index contributed by atoms with van der Waals surface area (Å²) in [5.41, 5.74) is 0. The first-order valence-corrected chi connectivity index (χ1v) is 9.27. The van der Waals surface area contributed by atoms with Gasteiger partial charge in [0.25, 0.3) is 0 Å². The van der Waals surface area contributed by atoms with Gasteiger partial charge in [-0.1, -0.05) is 6.92 Å². The van der Waals surface area contributed by atoms with Crippen molar-refractivity contribution in [2.24, 2.45) is 5.92 Å². The lowest BCUT2D eigenvalue weighted by atomic mass is 10.0. The second kappa shape index (κ2) is 8.47. The van der Waals surface area contributed by atoms with Gasteiger partial charge in [0.1, 0.15) is 0 Å². The number of hydrogen-bond donors (Lipinski definition) is 0. The maximum absolute atomic E-state index is 12.7. The monoisotopic (exact) mass is 347 g/mol. The Morgan fingerprint density at radius 1 is 1.16 bits per heavy atom. The van der Waals surface area contributed by atoms with E-state index in [1.807, 2.05) is 4.90 Å².